The van der Waals surface area contributed by atoms with E-state index in [0.717, 1.165) is 25.1 Å². The smallest absolute Gasteiger partial charge is 0.257 e. The van der Waals surface area contributed by atoms with Crippen LogP contribution in [-0.4, -0.2) is 33.2 Å². The molecular weight excluding hydrogens is 262 g/mol. The normalized spacial score (nSPS) is 14.4. The van der Waals surface area contributed by atoms with E-state index in [-0.39, 0.29) is 5.91 Å². The Morgan fingerprint density at radius 1 is 1.33 bits per heavy atom. The molecule has 4 heteroatoms. The highest BCUT2D eigenvalue weighted by Gasteiger charge is 2.33. The summed E-state index contributed by atoms with van der Waals surface area (Å²) in [4.78, 5) is 14.7. The summed E-state index contributed by atoms with van der Waals surface area (Å²) >= 11 is 0. The van der Waals surface area contributed by atoms with E-state index in [9.17, 15) is 4.79 Å². The minimum Gasteiger partial charge on any atom is -0.335 e. The Morgan fingerprint density at radius 3 is 2.67 bits per heavy atom. The van der Waals surface area contributed by atoms with Gasteiger partial charge in [-0.1, -0.05) is 32.0 Å². The van der Waals surface area contributed by atoms with Crippen LogP contribution in [0.15, 0.2) is 42.7 Å². The van der Waals surface area contributed by atoms with Crippen molar-refractivity contribution in [2.75, 3.05) is 6.54 Å². The highest BCUT2D eigenvalue weighted by molar-refractivity contribution is 5.94. The summed E-state index contributed by atoms with van der Waals surface area (Å²) in [5.74, 6) is 0.590. The van der Waals surface area contributed by atoms with Crippen molar-refractivity contribution in [3.63, 3.8) is 0 Å². The summed E-state index contributed by atoms with van der Waals surface area (Å²) in [6.45, 7) is 5.12. The summed E-state index contributed by atoms with van der Waals surface area (Å²) in [6.07, 6.45) is 5.76. The molecule has 0 bridgehead atoms. The van der Waals surface area contributed by atoms with Crippen LogP contribution in [-0.2, 0) is 0 Å². The van der Waals surface area contributed by atoms with E-state index >= 15 is 0 Å². The van der Waals surface area contributed by atoms with Gasteiger partial charge in [-0.2, -0.15) is 5.10 Å². The predicted molar refractivity (Wildman–Crippen MR) is 82.5 cm³/mol. The van der Waals surface area contributed by atoms with Gasteiger partial charge in [0.2, 0.25) is 0 Å². The lowest BCUT2D eigenvalue weighted by Crippen LogP contribution is -2.35. The first-order chi connectivity index (χ1) is 10.1. The van der Waals surface area contributed by atoms with Crippen LogP contribution < -0.4 is 0 Å². The van der Waals surface area contributed by atoms with Crippen LogP contribution in [0.5, 0.6) is 0 Å². The minimum absolute atomic E-state index is 0.105. The third-order valence-electron chi connectivity index (χ3n) is 3.66. The van der Waals surface area contributed by atoms with Crippen molar-refractivity contribution in [3.8, 4) is 5.69 Å². The third-order valence-corrected chi connectivity index (χ3v) is 3.66. The second-order valence-corrected chi connectivity index (χ2v) is 6.09. The molecule has 0 unspecified atom stereocenters. The first-order valence-electron chi connectivity index (χ1n) is 7.56. The van der Waals surface area contributed by atoms with Gasteiger partial charge in [-0.05, 0) is 30.9 Å². The van der Waals surface area contributed by atoms with Crippen molar-refractivity contribution >= 4 is 5.91 Å². The Kier molecular flexibility index (Phi) is 3.78. The van der Waals surface area contributed by atoms with E-state index in [1.54, 1.807) is 10.9 Å². The van der Waals surface area contributed by atoms with Gasteiger partial charge in [-0.15, -0.1) is 0 Å². The molecule has 0 aliphatic heterocycles. The molecule has 1 aliphatic rings. The molecule has 4 nitrogen and oxygen atoms in total. The van der Waals surface area contributed by atoms with E-state index in [2.05, 4.69) is 18.9 Å². The minimum atomic E-state index is 0.105. The molecule has 1 aromatic heterocycles. The molecular formula is C17H21N3O. The largest absolute Gasteiger partial charge is 0.335 e. The van der Waals surface area contributed by atoms with E-state index in [4.69, 9.17) is 0 Å². The molecule has 110 valence electrons. The average molecular weight is 283 g/mol. The molecule has 0 radical (unpaired) electrons. The van der Waals surface area contributed by atoms with Gasteiger partial charge >= 0.3 is 0 Å². The number of nitrogens with zero attached hydrogens (tertiary/aromatic N) is 3. The van der Waals surface area contributed by atoms with E-state index < -0.39 is 0 Å². The molecule has 0 saturated heterocycles. The summed E-state index contributed by atoms with van der Waals surface area (Å²) in [5.41, 5.74) is 1.64. The number of amides is 1. The molecule has 0 atom stereocenters. The number of carbonyl (C=O) groups is 1. The molecule has 3 rings (SSSR count). The standard InChI is InChI=1S/C17H21N3O/c1-13(2)11-19(15-8-9-15)17(21)14-10-18-20(12-14)16-6-4-3-5-7-16/h3-7,10,12-13,15H,8-9,11H2,1-2H3. The molecule has 21 heavy (non-hydrogen) atoms. The van der Waals surface area contributed by atoms with Crippen LogP contribution >= 0.6 is 0 Å². The first kappa shape index (κ1) is 13.9. The Labute approximate surface area is 125 Å². The van der Waals surface area contributed by atoms with Gasteiger partial charge in [0.25, 0.3) is 5.91 Å². The number of hydrogen-bond donors (Lipinski definition) is 0. The van der Waals surface area contributed by atoms with Gasteiger partial charge in [0.15, 0.2) is 0 Å². The van der Waals surface area contributed by atoms with E-state index in [1.807, 2.05) is 41.4 Å². The van der Waals surface area contributed by atoms with Gasteiger partial charge < -0.3 is 4.90 Å². The Balaban J connectivity index is 1.80. The van der Waals surface area contributed by atoms with E-state index in [0.29, 0.717) is 17.5 Å². The maximum atomic E-state index is 12.7. The number of aromatic nitrogens is 2. The number of para-hydroxylation sites is 1. The molecule has 1 aliphatic carbocycles. The zero-order chi connectivity index (χ0) is 14.8. The Bertz CT molecular complexity index is 614. The lowest BCUT2D eigenvalue weighted by molar-refractivity contribution is 0.0722. The molecule has 1 saturated carbocycles. The molecule has 1 heterocycles. The summed E-state index contributed by atoms with van der Waals surface area (Å²) in [6, 6.07) is 10.3. The molecule has 0 spiro atoms. The van der Waals surface area contributed by atoms with Crippen molar-refractivity contribution < 1.29 is 4.79 Å². The number of benzene rings is 1. The predicted octanol–water partition coefficient (Wildman–Crippen LogP) is 3.13. The third kappa shape index (κ3) is 3.15. The van der Waals surface area contributed by atoms with Crippen LogP contribution in [0.3, 0.4) is 0 Å². The van der Waals surface area contributed by atoms with Crippen LogP contribution in [0.2, 0.25) is 0 Å². The van der Waals surface area contributed by atoms with Crippen molar-refractivity contribution in [3.05, 3.63) is 48.3 Å². The zero-order valence-corrected chi connectivity index (χ0v) is 12.6. The monoisotopic (exact) mass is 283 g/mol. The fourth-order valence-electron chi connectivity index (χ4n) is 2.50. The summed E-state index contributed by atoms with van der Waals surface area (Å²) in [5, 5.41) is 4.32. The summed E-state index contributed by atoms with van der Waals surface area (Å²) in [7, 11) is 0. The van der Waals surface area contributed by atoms with Crippen molar-refractivity contribution in [2.24, 2.45) is 5.92 Å². The van der Waals surface area contributed by atoms with Crippen molar-refractivity contribution in [2.45, 2.75) is 32.7 Å². The van der Waals surface area contributed by atoms with Crippen LogP contribution in [0.4, 0.5) is 0 Å². The second kappa shape index (κ2) is 5.72. The van der Waals surface area contributed by atoms with Crippen LogP contribution in [0.1, 0.15) is 37.0 Å². The Hall–Kier alpha value is -2.10. The topological polar surface area (TPSA) is 38.1 Å². The molecule has 1 aromatic carbocycles. The second-order valence-electron chi connectivity index (χ2n) is 6.09. The maximum absolute atomic E-state index is 12.7. The highest BCUT2D eigenvalue weighted by Crippen LogP contribution is 2.29. The van der Waals surface area contributed by atoms with Crippen LogP contribution in [0, 0.1) is 5.92 Å². The van der Waals surface area contributed by atoms with Gasteiger partial charge in [-0.3, -0.25) is 4.79 Å². The van der Waals surface area contributed by atoms with Gasteiger partial charge in [0.05, 0.1) is 17.4 Å². The number of rotatable bonds is 5. The lowest BCUT2D eigenvalue weighted by Gasteiger charge is -2.23. The maximum Gasteiger partial charge on any atom is 0.257 e. The lowest BCUT2D eigenvalue weighted by atomic mass is 10.2. The van der Waals surface area contributed by atoms with Gasteiger partial charge in [0.1, 0.15) is 0 Å². The van der Waals surface area contributed by atoms with E-state index in [1.165, 1.54) is 0 Å². The zero-order valence-electron chi connectivity index (χ0n) is 12.6. The molecule has 1 fully saturated rings. The summed E-state index contributed by atoms with van der Waals surface area (Å²) < 4.78 is 1.76. The number of carbonyl (C=O) groups excluding carboxylic acids is 1. The number of hydrogen-bond acceptors (Lipinski definition) is 2. The quantitative estimate of drug-likeness (QED) is 0.845. The Morgan fingerprint density at radius 2 is 2.05 bits per heavy atom. The molecule has 2 aromatic rings. The van der Waals surface area contributed by atoms with Gasteiger partial charge in [0, 0.05) is 18.8 Å². The average Bonchev–Trinajstić information content (AvgIpc) is 3.21. The first-order valence-corrected chi connectivity index (χ1v) is 7.56. The van der Waals surface area contributed by atoms with Crippen molar-refractivity contribution in [1.82, 2.24) is 14.7 Å². The SMILES string of the molecule is CC(C)CN(C(=O)c1cnn(-c2ccccc2)c1)C1CC1. The molecule has 0 N–H and O–H groups in total. The molecule has 1 amide bonds. The fourth-order valence-corrected chi connectivity index (χ4v) is 2.50. The fraction of sp³-hybridized carbons (Fsp3) is 0.412. The van der Waals surface area contributed by atoms with Gasteiger partial charge in [-0.25, -0.2) is 4.68 Å². The van der Waals surface area contributed by atoms with Crippen molar-refractivity contribution in [1.29, 1.82) is 0 Å². The van der Waals surface area contributed by atoms with Crippen LogP contribution in [0.25, 0.3) is 5.69 Å². The highest BCUT2D eigenvalue weighted by atomic mass is 16.2.